The lowest BCUT2D eigenvalue weighted by Crippen LogP contribution is -2.30. The van der Waals surface area contributed by atoms with Crippen LogP contribution in [0, 0.1) is 13.8 Å². The number of aryl methyl sites for hydroxylation is 3. The number of nitrogens with zero attached hydrogens (tertiary/aromatic N) is 4. The molecule has 0 spiro atoms. The molecule has 29 heavy (non-hydrogen) atoms. The lowest BCUT2D eigenvalue weighted by Gasteiger charge is -2.23. The zero-order valence-corrected chi connectivity index (χ0v) is 18.6. The Morgan fingerprint density at radius 3 is 2.31 bits per heavy atom. The van der Waals surface area contributed by atoms with Gasteiger partial charge < -0.3 is 0 Å². The van der Waals surface area contributed by atoms with Crippen LogP contribution in [-0.4, -0.2) is 26.4 Å². The molecule has 0 saturated heterocycles. The van der Waals surface area contributed by atoms with Crippen molar-refractivity contribution < 1.29 is 9.59 Å². The molecule has 1 aromatic heterocycles. The molecule has 1 aliphatic heterocycles. The third-order valence-electron chi connectivity index (χ3n) is 4.96. The molecule has 0 bridgehead atoms. The summed E-state index contributed by atoms with van der Waals surface area (Å²) < 4.78 is 1.69. The molecule has 6 nitrogen and oxygen atoms in total. The molecule has 0 N–H and O–H groups in total. The molecule has 0 aliphatic carbocycles. The van der Waals surface area contributed by atoms with Gasteiger partial charge in [0.2, 0.25) is 11.8 Å². The number of aromatic nitrogens is 2. The van der Waals surface area contributed by atoms with Crippen LogP contribution in [-0.2, 0) is 11.2 Å². The van der Waals surface area contributed by atoms with E-state index in [-0.39, 0.29) is 11.8 Å². The minimum absolute atomic E-state index is 0.00910. The van der Waals surface area contributed by atoms with Gasteiger partial charge in [0.05, 0.1) is 0 Å². The van der Waals surface area contributed by atoms with Crippen molar-refractivity contribution in [2.45, 2.75) is 71.7 Å². The molecule has 1 amide bonds. The average Bonchev–Trinajstić information content (AvgIpc) is 3.08. The molecule has 2 aromatic rings. The summed E-state index contributed by atoms with van der Waals surface area (Å²) in [6.45, 7) is 10.0. The Morgan fingerprint density at radius 1 is 1.00 bits per heavy atom. The topological polar surface area (TPSA) is 67.6 Å². The van der Waals surface area contributed by atoms with Crippen molar-refractivity contribution in [1.29, 1.82) is 0 Å². The number of rotatable bonds is 6. The summed E-state index contributed by atoms with van der Waals surface area (Å²) in [6.07, 6.45) is 2.91. The molecule has 3 rings (SSSR count). The lowest BCUT2D eigenvalue weighted by atomic mass is 10.1. The standard InChI is InChI=1S/C22H28N4O2S/c1-6-9-18(27)25-17(8-3)23-20-22(25)29-21(24-26(20)19(28)10-7-2)16-12-11-14(4)15(5)13-16/h11-13H,6-10H2,1-5H3. The molecular weight excluding hydrogens is 384 g/mol. The number of fused-ring (bicyclic) bond motifs is 1. The van der Waals surface area contributed by atoms with Gasteiger partial charge in [-0.15, -0.1) is 0 Å². The van der Waals surface area contributed by atoms with Gasteiger partial charge in [0.25, 0.3) is 0 Å². The molecule has 0 unspecified atom stereocenters. The van der Waals surface area contributed by atoms with E-state index in [4.69, 9.17) is 0 Å². The van der Waals surface area contributed by atoms with E-state index >= 15 is 0 Å². The van der Waals surface area contributed by atoms with E-state index in [0.29, 0.717) is 41.0 Å². The summed E-state index contributed by atoms with van der Waals surface area (Å²) in [6, 6.07) is 6.14. The summed E-state index contributed by atoms with van der Waals surface area (Å²) in [5, 5.41) is 7.45. The van der Waals surface area contributed by atoms with Crippen LogP contribution in [0.2, 0.25) is 0 Å². The minimum Gasteiger partial charge on any atom is -0.274 e. The fourth-order valence-corrected chi connectivity index (χ4v) is 4.29. The largest absolute Gasteiger partial charge is 0.274 e. The van der Waals surface area contributed by atoms with Crippen molar-refractivity contribution in [3.63, 3.8) is 0 Å². The van der Waals surface area contributed by atoms with Crippen LogP contribution in [0.4, 0.5) is 5.82 Å². The number of anilines is 1. The highest BCUT2D eigenvalue weighted by Crippen LogP contribution is 2.39. The molecule has 0 fully saturated rings. The van der Waals surface area contributed by atoms with E-state index in [2.05, 4.69) is 36.1 Å². The first-order valence-corrected chi connectivity index (χ1v) is 11.0. The molecule has 2 heterocycles. The number of hydrogen-bond donors (Lipinski definition) is 0. The first kappa shape index (κ1) is 21.3. The fraction of sp³-hybridized carbons (Fsp3) is 0.455. The highest BCUT2D eigenvalue weighted by molar-refractivity contribution is 8.14. The Morgan fingerprint density at radius 2 is 1.69 bits per heavy atom. The van der Waals surface area contributed by atoms with Crippen LogP contribution in [0.25, 0.3) is 0 Å². The third-order valence-corrected chi connectivity index (χ3v) is 6.02. The molecule has 0 radical (unpaired) electrons. The van der Waals surface area contributed by atoms with Gasteiger partial charge in [-0.3, -0.25) is 14.2 Å². The van der Waals surface area contributed by atoms with Gasteiger partial charge in [-0.25, -0.2) is 4.98 Å². The zero-order chi connectivity index (χ0) is 21.1. The smallest absolute Gasteiger partial charge is 0.248 e. The van der Waals surface area contributed by atoms with Crippen LogP contribution < -0.4 is 5.01 Å². The van der Waals surface area contributed by atoms with E-state index < -0.39 is 0 Å². The summed E-state index contributed by atoms with van der Waals surface area (Å²) in [4.78, 5) is 30.3. The Kier molecular flexibility index (Phi) is 6.57. The van der Waals surface area contributed by atoms with Gasteiger partial charge in [-0.05, 0) is 55.6 Å². The normalized spacial score (nSPS) is 13.3. The zero-order valence-electron chi connectivity index (χ0n) is 17.8. The van der Waals surface area contributed by atoms with E-state index in [0.717, 1.165) is 24.0 Å². The van der Waals surface area contributed by atoms with E-state index in [1.807, 2.05) is 26.8 Å². The second-order valence-electron chi connectivity index (χ2n) is 7.25. The van der Waals surface area contributed by atoms with Gasteiger partial charge >= 0.3 is 0 Å². The van der Waals surface area contributed by atoms with Crippen LogP contribution in [0.15, 0.2) is 28.3 Å². The SMILES string of the molecule is CCCC(=O)N1N=C(c2ccc(C)c(C)c2)Sc2c1nc(CC)n2C(=O)CCC. The van der Waals surface area contributed by atoms with Gasteiger partial charge in [0, 0.05) is 24.8 Å². The Hall–Kier alpha value is -2.41. The number of benzene rings is 1. The van der Waals surface area contributed by atoms with Crippen molar-refractivity contribution in [2.75, 3.05) is 5.01 Å². The van der Waals surface area contributed by atoms with Crippen molar-refractivity contribution in [3.8, 4) is 0 Å². The fourth-order valence-electron chi connectivity index (χ4n) is 3.22. The van der Waals surface area contributed by atoms with Gasteiger partial charge in [-0.1, -0.05) is 32.9 Å². The lowest BCUT2D eigenvalue weighted by molar-refractivity contribution is -0.118. The number of carbonyl (C=O) groups is 2. The maximum atomic E-state index is 12.9. The summed E-state index contributed by atoms with van der Waals surface area (Å²) >= 11 is 1.42. The van der Waals surface area contributed by atoms with Crippen molar-refractivity contribution in [2.24, 2.45) is 5.10 Å². The maximum absolute atomic E-state index is 12.9. The minimum atomic E-state index is -0.106. The summed E-state index contributed by atoms with van der Waals surface area (Å²) in [5.74, 6) is 1.05. The first-order valence-electron chi connectivity index (χ1n) is 10.2. The molecule has 7 heteroatoms. The summed E-state index contributed by atoms with van der Waals surface area (Å²) in [5.41, 5.74) is 3.30. The predicted octanol–water partition coefficient (Wildman–Crippen LogP) is 5.10. The number of imidazole rings is 1. The third kappa shape index (κ3) is 4.15. The van der Waals surface area contributed by atoms with Crippen LogP contribution in [0.3, 0.4) is 0 Å². The molecule has 154 valence electrons. The number of carbonyl (C=O) groups excluding carboxylic acids is 2. The van der Waals surface area contributed by atoms with E-state index in [1.54, 1.807) is 4.57 Å². The molecule has 0 atom stereocenters. The molecule has 1 aromatic carbocycles. The van der Waals surface area contributed by atoms with Crippen LogP contribution >= 0.6 is 11.8 Å². The molecule has 0 saturated carbocycles. The highest BCUT2D eigenvalue weighted by Gasteiger charge is 2.33. The van der Waals surface area contributed by atoms with Crippen molar-refractivity contribution in [3.05, 3.63) is 40.7 Å². The van der Waals surface area contributed by atoms with Gasteiger partial charge in [-0.2, -0.15) is 10.1 Å². The predicted molar refractivity (Wildman–Crippen MR) is 118 cm³/mol. The monoisotopic (exact) mass is 412 g/mol. The van der Waals surface area contributed by atoms with Crippen LogP contribution in [0.5, 0.6) is 0 Å². The Bertz CT molecular complexity index is 977. The number of amides is 1. The van der Waals surface area contributed by atoms with Gasteiger partial charge in [0.1, 0.15) is 15.9 Å². The Labute approximate surface area is 176 Å². The van der Waals surface area contributed by atoms with Gasteiger partial charge in [0.15, 0.2) is 5.82 Å². The van der Waals surface area contributed by atoms with E-state index in [9.17, 15) is 9.59 Å². The maximum Gasteiger partial charge on any atom is 0.248 e. The Balaban J connectivity index is 2.15. The van der Waals surface area contributed by atoms with Crippen molar-refractivity contribution >= 4 is 34.4 Å². The second kappa shape index (κ2) is 8.95. The highest BCUT2D eigenvalue weighted by atomic mass is 32.2. The molecule has 1 aliphatic rings. The average molecular weight is 413 g/mol. The number of hydrogen-bond acceptors (Lipinski definition) is 5. The van der Waals surface area contributed by atoms with E-state index in [1.165, 1.54) is 22.3 Å². The van der Waals surface area contributed by atoms with Crippen LogP contribution in [0.1, 0.15) is 73.8 Å². The number of hydrazone groups is 1. The quantitative estimate of drug-likeness (QED) is 0.662. The summed E-state index contributed by atoms with van der Waals surface area (Å²) in [7, 11) is 0. The number of thioether (sulfide) groups is 1. The first-order chi connectivity index (χ1) is 13.9. The molecular formula is C22H28N4O2S. The van der Waals surface area contributed by atoms with Crippen molar-refractivity contribution in [1.82, 2.24) is 9.55 Å². The second-order valence-corrected chi connectivity index (χ2v) is 8.23.